The van der Waals surface area contributed by atoms with Gasteiger partial charge in [-0.15, -0.1) is 10.2 Å². The van der Waals surface area contributed by atoms with Gasteiger partial charge in [0.1, 0.15) is 5.69 Å². The third-order valence-corrected chi connectivity index (χ3v) is 4.81. The first-order valence-electron chi connectivity index (χ1n) is 6.53. The third-order valence-electron chi connectivity index (χ3n) is 2.54. The molecule has 1 heterocycles. The van der Waals surface area contributed by atoms with Crippen molar-refractivity contribution in [3.05, 3.63) is 16.0 Å². The zero-order valence-corrected chi connectivity index (χ0v) is 13.4. The van der Waals surface area contributed by atoms with Gasteiger partial charge in [-0.2, -0.15) is 16.4 Å². The van der Waals surface area contributed by atoms with Crippen molar-refractivity contribution in [2.75, 3.05) is 23.1 Å². The number of hydrogen-bond donors (Lipinski definition) is 1. The monoisotopic (exact) mass is 302 g/mol. The Labute approximate surface area is 122 Å². The van der Waals surface area contributed by atoms with Crippen molar-refractivity contribution in [3.8, 4) is 0 Å². The van der Waals surface area contributed by atoms with E-state index in [1.807, 2.05) is 25.6 Å². The molecule has 0 aliphatic rings. The Morgan fingerprint density at radius 1 is 1.26 bits per heavy atom. The van der Waals surface area contributed by atoms with Crippen molar-refractivity contribution < 1.29 is 0 Å². The van der Waals surface area contributed by atoms with Crippen LogP contribution in [0.25, 0.3) is 0 Å². The molecule has 2 N–H and O–H groups in total. The van der Waals surface area contributed by atoms with Gasteiger partial charge in [-0.1, -0.05) is 39.0 Å². The molecular formula is C12H22N4OS2. The molecule has 1 aromatic rings. The summed E-state index contributed by atoms with van der Waals surface area (Å²) in [4.78, 5) is 11.9. The molecule has 0 aromatic carbocycles. The van der Waals surface area contributed by atoms with Gasteiger partial charge in [0.25, 0.3) is 5.56 Å². The highest BCUT2D eigenvalue weighted by molar-refractivity contribution is 8.02. The van der Waals surface area contributed by atoms with Crippen LogP contribution in [0.5, 0.6) is 0 Å². The third kappa shape index (κ3) is 5.06. The van der Waals surface area contributed by atoms with E-state index in [4.69, 9.17) is 5.84 Å². The Hall–Kier alpha value is -0.690. The summed E-state index contributed by atoms with van der Waals surface area (Å²) < 4.78 is 1.11. The van der Waals surface area contributed by atoms with E-state index in [9.17, 15) is 4.79 Å². The van der Waals surface area contributed by atoms with Gasteiger partial charge in [0.15, 0.2) is 0 Å². The molecule has 108 valence electrons. The van der Waals surface area contributed by atoms with Crippen molar-refractivity contribution in [2.24, 2.45) is 0 Å². The molecule has 0 bridgehead atoms. The van der Waals surface area contributed by atoms with Crippen LogP contribution in [0.3, 0.4) is 0 Å². The van der Waals surface area contributed by atoms with E-state index in [-0.39, 0.29) is 11.5 Å². The van der Waals surface area contributed by atoms with Gasteiger partial charge >= 0.3 is 0 Å². The van der Waals surface area contributed by atoms with Gasteiger partial charge in [0, 0.05) is 17.4 Å². The molecule has 0 spiro atoms. The Morgan fingerprint density at radius 2 is 2.00 bits per heavy atom. The summed E-state index contributed by atoms with van der Waals surface area (Å²) in [5, 5.41) is 8.50. The van der Waals surface area contributed by atoms with Crippen LogP contribution >= 0.6 is 23.5 Å². The number of aromatic nitrogens is 3. The lowest BCUT2D eigenvalue weighted by atomic mass is 10.1. The normalized spacial score (nSPS) is 11.2. The Bertz CT molecular complexity index is 448. The molecule has 7 heteroatoms. The van der Waals surface area contributed by atoms with Gasteiger partial charge in [-0.25, -0.2) is 0 Å². The first-order chi connectivity index (χ1) is 9.07. The predicted octanol–water partition coefficient (Wildman–Crippen LogP) is 2.10. The fraction of sp³-hybridized carbons (Fsp3) is 0.750. The molecule has 5 nitrogen and oxygen atoms in total. The minimum Gasteiger partial charge on any atom is -0.334 e. The van der Waals surface area contributed by atoms with Crippen LogP contribution in [0.1, 0.15) is 45.2 Å². The summed E-state index contributed by atoms with van der Waals surface area (Å²) in [7, 11) is 0. The number of thioether (sulfide) groups is 2. The summed E-state index contributed by atoms with van der Waals surface area (Å²) in [5.41, 5.74) is 0.176. The van der Waals surface area contributed by atoms with Gasteiger partial charge in [0.05, 0.1) is 0 Å². The summed E-state index contributed by atoms with van der Waals surface area (Å²) in [5.74, 6) is 8.91. The lowest BCUT2D eigenvalue weighted by molar-refractivity contribution is 0.639. The zero-order chi connectivity index (χ0) is 14.3. The van der Waals surface area contributed by atoms with Crippen molar-refractivity contribution >= 4 is 23.5 Å². The summed E-state index contributed by atoms with van der Waals surface area (Å²) in [6, 6.07) is 0. The molecule has 0 saturated carbocycles. The number of rotatable bonds is 8. The highest BCUT2D eigenvalue weighted by Crippen LogP contribution is 2.15. The molecule has 0 fully saturated rings. The largest absolute Gasteiger partial charge is 0.334 e. The second-order valence-electron chi connectivity index (χ2n) is 4.51. The molecular weight excluding hydrogens is 280 g/mol. The maximum absolute atomic E-state index is 11.9. The highest BCUT2D eigenvalue weighted by Gasteiger charge is 2.12. The Balaban J connectivity index is 2.51. The molecule has 19 heavy (non-hydrogen) atoms. The number of nitrogens with two attached hydrogens (primary N) is 1. The second kappa shape index (κ2) is 8.47. The first kappa shape index (κ1) is 16.4. The number of nitrogen functional groups attached to an aromatic ring is 1. The van der Waals surface area contributed by atoms with E-state index in [1.54, 1.807) is 0 Å². The van der Waals surface area contributed by atoms with Crippen molar-refractivity contribution in [1.29, 1.82) is 0 Å². The van der Waals surface area contributed by atoms with Gasteiger partial charge in [0.2, 0.25) is 5.16 Å². The van der Waals surface area contributed by atoms with Crippen molar-refractivity contribution in [1.82, 2.24) is 14.9 Å². The molecule has 0 aliphatic carbocycles. The maximum Gasteiger partial charge on any atom is 0.294 e. The standard InChI is InChI=1S/C12H22N4OS2/c1-4-5-6-18-7-8-19-12-15-14-10(9(2)3)11(17)16(12)13/h9H,4-8,13H2,1-3H3. The van der Waals surface area contributed by atoms with E-state index in [1.165, 1.54) is 30.4 Å². The topological polar surface area (TPSA) is 73.8 Å². The molecule has 0 amide bonds. The summed E-state index contributed by atoms with van der Waals surface area (Å²) in [6.07, 6.45) is 2.48. The molecule has 0 unspecified atom stereocenters. The Kier molecular flexibility index (Phi) is 7.30. The second-order valence-corrected chi connectivity index (χ2v) is 6.80. The van der Waals surface area contributed by atoms with Crippen LogP contribution in [0.4, 0.5) is 0 Å². The quantitative estimate of drug-likeness (QED) is 0.450. The average molecular weight is 302 g/mol. The van der Waals surface area contributed by atoms with E-state index in [0.717, 1.165) is 16.2 Å². The lowest BCUT2D eigenvalue weighted by Crippen LogP contribution is -2.34. The zero-order valence-electron chi connectivity index (χ0n) is 11.8. The molecule has 0 radical (unpaired) electrons. The molecule has 1 aromatic heterocycles. The minimum absolute atomic E-state index is 0.0402. The number of hydrogen-bond acceptors (Lipinski definition) is 6. The van der Waals surface area contributed by atoms with Crippen LogP contribution in [-0.2, 0) is 0 Å². The smallest absolute Gasteiger partial charge is 0.294 e. The van der Waals surface area contributed by atoms with E-state index < -0.39 is 0 Å². The first-order valence-corrected chi connectivity index (χ1v) is 8.67. The van der Waals surface area contributed by atoms with Gasteiger partial charge < -0.3 is 5.84 Å². The van der Waals surface area contributed by atoms with Gasteiger partial charge in [-0.05, 0) is 12.2 Å². The van der Waals surface area contributed by atoms with Crippen molar-refractivity contribution in [3.63, 3.8) is 0 Å². The van der Waals surface area contributed by atoms with Crippen LogP contribution in [0.15, 0.2) is 9.95 Å². The molecule has 0 atom stereocenters. The van der Waals surface area contributed by atoms with E-state index in [2.05, 4.69) is 17.1 Å². The van der Waals surface area contributed by atoms with E-state index >= 15 is 0 Å². The molecule has 1 rings (SSSR count). The lowest BCUT2D eigenvalue weighted by Gasteiger charge is -2.08. The van der Waals surface area contributed by atoms with Crippen LogP contribution < -0.4 is 11.4 Å². The number of nitrogens with zero attached hydrogens (tertiary/aromatic N) is 3. The van der Waals surface area contributed by atoms with Crippen LogP contribution in [-0.4, -0.2) is 32.1 Å². The fourth-order valence-electron chi connectivity index (χ4n) is 1.40. The fourth-order valence-corrected chi connectivity index (χ4v) is 3.40. The van der Waals surface area contributed by atoms with Crippen LogP contribution in [0, 0.1) is 0 Å². The minimum atomic E-state index is -0.244. The molecule has 0 saturated heterocycles. The van der Waals surface area contributed by atoms with Crippen LogP contribution in [0.2, 0.25) is 0 Å². The SMILES string of the molecule is CCCCSCCSc1nnc(C(C)C)c(=O)n1N. The average Bonchev–Trinajstić information content (AvgIpc) is 2.38. The number of unbranched alkanes of at least 4 members (excludes halogenated alkanes) is 1. The van der Waals surface area contributed by atoms with Gasteiger partial charge in [-0.3, -0.25) is 4.79 Å². The summed E-state index contributed by atoms with van der Waals surface area (Å²) >= 11 is 3.40. The van der Waals surface area contributed by atoms with E-state index in [0.29, 0.717) is 10.9 Å². The summed E-state index contributed by atoms with van der Waals surface area (Å²) in [6.45, 7) is 6.00. The van der Waals surface area contributed by atoms with Crippen molar-refractivity contribution in [2.45, 2.75) is 44.7 Å². The highest BCUT2D eigenvalue weighted by atomic mass is 32.2. The predicted molar refractivity (Wildman–Crippen MR) is 83.5 cm³/mol. The Morgan fingerprint density at radius 3 is 2.63 bits per heavy atom. The maximum atomic E-state index is 11.9. The molecule has 0 aliphatic heterocycles.